The van der Waals surface area contributed by atoms with Crippen molar-refractivity contribution in [3.05, 3.63) is 65.7 Å². The number of carbonyl (C=O) groups excluding carboxylic acids is 1. The summed E-state index contributed by atoms with van der Waals surface area (Å²) >= 11 is 0. The Balaban J connectivity index is 1.77. The molecule has 3 nitrogen and oxygen atoms in total. The van der Waals surface area contributed by atoms with Crippen LogP contribution in [0.25, 0.3) is 0 Å². The van der Waals surface area contributed by atoms with Gasteiger partial charge in [-0.15, -0.1) is 0 Å². The summed E-state index contributed by atoms with van der Waals surface area (Å²) in [5, 5.41) is 2.72. The molecule has 0 aliphatic carbocycles. The third-order valence-electron chi connectivity index (χ3n) is 3.63. The number of nitrogens with zero attached hydrogens (tertiary/aromatic N) is 1. The van der Waals surface area contributed by atoms with Gasteiger partial charge in [-0.3, -0.25) is 4.79 Å². The SMILES string of the molecule is CN(CCCNC(=O)c1ccc(C(F)(F)F)cc1)c1ccccc1. The highest BCUT2D eigenvalue weighted by Crippen LogP contribution is 2.29. The van der Waals surface area contributed by atoms with Crippen molar-refractivity contribution in [1.82, 2.24) is 5.32 Å². The van der Waals surface area contributed by atoms with Crippen LogP contribution in [0.2, 0.25) is 0 Å². The van der Waals surface area contributed by atoms with E-state index < -0.39 is 11.7 Å². The van der Waals surface area contributed by atoms with Crippen LogP contribution in [0.5, 0.6) is 0 Å². The number of carbonyl (C=O) groups is 1. The zero-order chi connectivity index (χ0) is 17.6. The van der Waals surface area contributed by atoms with E-state index in [1.54, 1.807) is 0 Å². The van der Waals surface area contributed by atoms with E-state index in [0.717, 1.165) is 30.8 Å². The van der Waals surface area contributed by atoms with Crippen LogP contribution in [0.4, 0.5) is 18.9 Å². The van der Waals surface area contributed by atoms with Crippen LogP contribution >= 0.6 is 0 Å². The molecular formula is C18H19F3N2O. The van der Waals surface area contributed by atoms with Crippen molar-refractivity contribution in [2.75, 3.05) is 25.0 Å². The summed E-state index contributed by atoms with van der Waals surface area (Å²) < 4.78 is 37.4. The van der Waals surface area contributed by atoms with Crippen LogP contribution in [0.15, 0.2) is 54.6 Å². The minimum absolute atomic E-state index is 0.222. The number of rotatable bonds is 6. The zero-order valence-electron chi connectivity index (χ0n) is 13.3. The van der Waals surface area contributed by atoms with Crippen LogP contribution < -0.4 is 10.2 Å². The Labute approximate surface area is 139 Å². The highest BCUT2D eigenvalue weighted by molar-refractivity contribution is 5.94. The molecule has 2 rings (SSSR count). The lowest BCUT2D eigenvalue weighted by Gasteiger charge is -2.19. The number of benzene rings is 2. The number of hydrogen-bond donors (Lipinski definition) is 1. The van der Waals surface area contributed by atoms with Gasteiger partial charge in [-0.05, 0) is 42.8 Å². The molecule has 0 bridgehead atoms. The average molecular weight is 336 g/mol. The van der Waals surface area contributed by atoms with Gasteiger partial charge in [0.2, 0.25) is 0 Å². The van der Waals surface area contributed by atoms with Crippen LogP contribution in [0.3, 0.4) is 0 Å². The molecule has 24 heavy (non-hydrogen) atoms. The van der Waals surface area contributed by atoms with Crippen LogP contribution in [-0.4, -0.2) is 26.0 Å². The van der Waals surface area contributed by atoms with Gasteiger partial charge in [-0.2, -0.15) is 13.2 Å². The van der Waals surface area contributed by atoms with Crippen molar-refractivity contribution in [3.8, 4) is 0 Å². The number of anilines is 1. The molecule has 1 N–H and O–H groups in total. The number of halogens is 3. The molecule has 0 aliphatic heterocycles. The zero-order valence-corrected chi connectivity index (χ0v) is 13.3. The lowest BCUT2D eigenvalue weighted by Crippen LogP contribution is -2.28. The second kappa shape index (κ2) is 7.86. The summed E-state index contributed by atoms with van der Waals surface area (Å²) in [6.07, 6.45) is -3.66. The summed E-state index contributed by atoms with van der Waals surface area (Å²) in [4.78, 5) is 14.0. The van der Waals surface area contributed by atoms with Gasteiger partial charge in [0.1, 0.15) is 0 Å². The Morgan fingerprint density at radius 3 is 2.25 bits per heavy atom. The van der Waals surface area contributed by atoms with E-state index in [4.69, 9.17) is 0 Å². The van der Waals surface area contributed by atoms with E-state index in [-0.39, 0.29) is 11.5 Å². The maximum Gasteiger partial charge on any atom is 0.416 e. The number of alkyl halides is 3. The van der Waals surface area contributed by atoms with Crippen molar-refractivity contribution >= 4 is 11.6 Å². The molecule has 0 spiro atoms. The summed E-state index contributed by atoms with van der Waals surface area (Å²) in [5.74, 6) is -0.369. The van der Waals surface area contributed by atoms with Crippen molar-refractivity contribution in [1.29, 1.82) is 0 Å². The van der Waals surface area contributed by atoms with Crippen LogP contribution in [-0.2, 0) is 6.18 Å². The molecule has 2 aromatic carbocycles. The van der Waals surface area contributed by atoms with E-state index in [1.807, 2.05) is 37.4 Å². The molecule has 0 saturated heterocycles. The van der Waals surface area contributed by atoms with E-state index in [0.29, 0.717) is 6.54 Å². The van der Waals surface area contributed by atoms with Crippen molar-refractivity contribution in [2.24, 2.45) is 0 Å². The number of para-hydroxylation sites is 1. The molecule has 1 amide bonds. The van der Waals surface area contributed by atoms with Crippen LogP contribution in [0, 0.1) is 0 Å². The van der Waals surface area contributed by atoms with Gasteiger partial charge in [0.15, 0.2) is 0 Å². The number of hydrogen-bond acceptors (Lipinski definition) is 2. The fraction of sp³-hybridized carbons (Fsp3) is 0.278. The Bertz CT molecular complexity index is 654. The summed E-state index contributed by atoms with van der Waals surface area (Å²) in [7, 11) is 1.97. The van der Waals surface area contributed by atoms with Gasteiger partial charge in [0, 0.05) is 31.4 Å². The summed E-state index contributed by atoms with van der Waals surface area (Å²) in [5.41, 5.74) is 0.550. The molecule has 2 aromatic rings. The molecule has 0 saturated carbocycles. The van der Waals surface area contributed by atoms with E-state index >= 15 is 0 Å². The second-order valence-electron chi connectivity index (χ2n) is 5.44. The highest BCUT2D eigenvalue weighted by atomic mass is 19.4. The fourth-order valence-electron chi connectivity index (χ4n) is 2.24. The Morgan fingerprint density at radius 2 is 1.67 bits per heavy atom. The quantitative estimate of drug-likeness (QED) is 0.810. The maximum atomic E-state index is 12.5. The summed E-state index contributed by atoms with van der Waals surface area (Å²) in [6, 6.07) is 14.1. The van der Waals surface area contributed by atoms with Crippen molar-refractivity contribution in [2.45, 2.75) is 12.6 Å². The minimum Gasteiger partial charge on any atom is -0.375 e. The highest BCUT2D eigenvalue weighted by Gasteiger charge is 2.30. The fourth-order valence-corrected chi connectivity index (χ4v) is 2.24. The van der Waals surface area contributed by atoms with Crippen LogP contribution in [0.1, 0.15) is 22.3 Å². The first-order chi connectivity index (χ1) is 11.4. The second-order valence-corrected chi connectivity index (χ2v) is 5.44. The molecule has 0 aliphatic rings. The first-order valence-electron chi connectivity index (χ1n) is 7.59. The summed E-state index contributed by atoms with van der Waals surface area (Å²) in [6.45, 7) is 1.22. The van der Waals surface area contributed by atoms with E-state index in [9.17, 15) is 18.0 Å². The monoisotopic (exact) mass is 336 g/mol. The van der Waals surface area contributed by atoms with Crippen molar-refractivity contribution < 1.29 is 18.0 Å². The largest absolute Gasteiger partial charge is 0.416 e. The lowest BCUT2D eigenvalue weighted by molar-refractivity contribution is -0.137. The molecule has 0 radical (unpaired) electrons. The van der Waals surface area contributed by atoms with Gasteiger partial charge < -0.3 is 10.2 Å². The molecular weight excluding hydrogens is 317 g/mol. The molecule has 6 heteroatoms. The third-order valence-corrected chi connectivity index (χ3v) is 3.63. The molecule has 0 heterocycles. The Hall–Kier alpha value is -2.50. The Kier molecular flexibility index (Phi) is 5.84. The molecule has 128 valence electrons. The first kappa shape index (κ1) is 17.8. The molecule has 0 atom stereocenters. The van der Waals surface area contributed by atoms with E-state index in [2.05, 4.69) is 10.2 Å². The van der Waals surface area contributed by atoms with Gasteiger partial charge in [0.25, 0.3) is 5.91 Å². The average Bonchev–Trinajstić information content (AvgIpc) is 2.58. The predicted octanol–water partition coefficient (Wildman–Crippen LogP) is 3.96. The minimum atomic E-state index is -4.39. The van der Waals surface area contributed by atoms with Gasteiger partial charge in [0.05, 0.1) is 5.56 Å². The Morgan fingerprint density at radius 1 is 1.04 bits per heavy atom. The number of nitrogens with one attached hydrogen (secondary N) is 1. The standard InChI is InChI=1S/C18H19F3N2O/c1-23(16-6-3-2-4-7-16)13-5-12-22-17(24)14-8-10-15(11-9-14)18(19,20)21/h2-4,6-11H,5,12-13H2,1H3,(H,22,24). The smallest absolute Gasteiger partial charge is 0.375 e. The van der Waals surface area contributed by atoms with Gasteiger partial charge in [-0.25, -0.2) is 0 Å². The third kappa shape index (κ3) is 5.01. The topological polar surface area (TPSA) is 32.3 Å². The molecule has 0 aromatic heterocycles. The molecule has 0 fully saturated rings. The predicted molar refractivity (Wildman–Crippen MR) is 88.1 cm³/mol. The first-order valence-corrected chi connectivity index (χ1v) is 7.59. The van der Waals surface area contributed by atoms with E-state index in [1.165, 1.54) is 12.1 Å². The number of amides is 1. The molecule has 0 unspecified atom stereocenters. The lowest BCUT2D eigenvalue weighted by atomic mass is 10.1. The normalized spacial score (nSPS) is 11.2. The maximum absolute atomic E-state index is 12.5. The van der Waals surface area contributed by atoms with Gasteiger partial charge in [-0.1, -0.05) is 18.2 Å². The van der Waals surface area contributed by atoms with Crippen molar-refractivity contribution in [3.63, 3.8) is 0 Å². The van der Waals surface area contributed by atoms with Gasteiger partial charge >= 0.3 is 6.18 Å².